The van der Waals surface area contributed by atoms with Crippen molar-refractivity contribution in [1.82, 2.24) is 0 Å². The predicted molar refractivity (Wildman–Crippen MR) is 130 cm³/mol. The zero-order valence-electron chi connectivity index (χ0n) is 17.6. The number of rotatable bonds is 5. The second-order valence-electron chi connectivity index (χ2n) is 7.31. The summed E-state index contributed by atoms with van der Waals surface area (Å²) >= 11 is 0. The van der Waals surface area contributed by atoms with Crippen molar-refractivity contribution >= 4 is 24.3 Å². The van der Waals surface area contributed by atoms with Gasteiger partial charge in [-0.1, -0.05) is 92.1 Å². The van der Waals surface area contributed by atoms with Crippen LogP contribution in [0, 0.1) is 0 Å². The second-order valence-corrected chi connectivity index (χ2v) is 7.31. The van der Waals surface area contributed by atoms with Crippen molar-refractivity contribution in [2.24, 2.45) is 0 Å². The number of hydrogen-bond donors (Lipinski definition) is 0. The van der Waals surface area contributed by atoms with Crippen LogP contribution in [-0.2, 0) is 0 Å². The highest BCUT2D eigenvalue weighted by atomic mass is 16.5. The van der Waals surface area contributed by atoms with Crippen LogP contribution in [0.4, 0.5) is 0 Å². The van der Waals surface area contributed by atoms with Crippen molar-refractivity contribution in [3.8, 4) is 11.5 Å². The second kappa shape index (κ2) is 8.42. The molecule has 0 atom stereocenters. The molecular formula is C29H26O. The molecule has 0 aromatic heterocycles. The highest BCUT2D eigenvalue weighted by molar-refractivity contribution is 5.78. The highest BCUT2D eigenvalue weighted by Crippen LogP contribution is 2.51. The number of ether oxygens (including phenoxy) is 1. The number of fused-ring (bicyclic) bond motifs is 2. The van der Waals surface area contributed by atoms with Gasteiger partial charge in [-0.05, 0) is 53.8 Å². The molecule has 148 valence electrons. The van der Waals surface area contributed by atoms with E-state index in [0.717, 1.165) is 44.9 Å². The summed E-state index contributed by atoms with van der Waals surface area (Å²) in [5.41, 5.74) is 8.03. The summed E-state index contributed by atoms with van der Waals surface area (Å²) < 4.78 is 6.44. The minimum atomic E-state index is 0.0290. The Kier molecular flexibility index (Phi) is 5.54. The molecule has 3 aromatic rings. The third-order valence-electron chi connectivity index (χ3n) is 5.59. The first-order chi connectivity index (χ1) is 14.7. The Labute approximate surface area is 179 Å². The molecule has 0 amide bonds. The highest BCUT2D eigenvalue weighted by Gasteiger charge is 2.33. The van der Waals surface area contributed by atoms with Gasteiger partial charge < -0.3 is 4.74 Å². The van der Waals surface area contributed by atoms with Crippen LogP contribution in [0.5, 0.6) is 11.5 Å². The molecule has 30 heavy (non-hydrogen) atoms. The molecule has 1 heterocycles. The minimum Gasteiger partial charge on any atom is -0.457 e. The van der Waals surface area contributed by atoms with Crippen LogP contribution < -0.4 is 4.74 Å². The quantitative estimate of drug-likeness (QED) is 0.333. The van der Waals surface area contributed by atoms with Crippen LogP contribution in [0.25, 0.3) is 24.3 Å². The Hall–Kier alpha value is -3.58. The first kappa shape index (κ1) is 19.7. The van der Waals surface area contributed by atoms with Crippen LogP contribution in [0.15, 0.2) is 79.9 Å². The van der Waals surface area contributed by atoms with Crippen LogP contribution in [0.2, 0.25) is 0 Å². The van der Waals surface area contributed by atoms with E-state index in [1.165, 1.54) is 5.56 Å². The summed E-state index contributed by atoms with van der Waals surface area (Å²) in [6, 6.07) is 19.0. The Morgan fingerprint density at radius 3 is 1.63 bits per heavy atom. The maximum Gasteiger partial charge on any atom is 0.132 e. The third kappa shape index (κ3) is 3.23. The summed E-state index contributed by atoms with van der Waals surface area (Å²) in [5, 5.41) is 0. The van der Waals surface area contributed by atoms with E-state index < -0.39 is 0 Å². The first-order valence-electron chi connectivity index (χ1n) is 10.3. The molecule has 0 spiro atoms. The van der Waals surface area contributed by atoms with Gasteiger partial charge in [-0.3, -0.25) is 0 Å². The van der Waals surface area contributed by atoms with Gasteiger partial charge in [0.05, 0.1) is 0 Å². The molecule has 0 fully saturated rings. The smallest absolute Gasteiger partial charge is 0.132 e. The SMILES string of the molecule is C=Cc1c(/C=C\C)ccc2c1C(c1ccccc1)c1c(ccc(/C=C\C)c1C=C)O2. The van der Waals surface area contributed by atoms with Crippen LogP contribution in [0.1, 0.15) is 58.7 Å². The lowest BCUT2D eigenvalue weighted by Crippen LogP contribution is -2.15. The molecule has 0 N–H and O–H groups in total. The van der Waals surface area contributed by atoms with E-state index in [4.69, 9.17) is 4.74 Å². The number of allylic oxidation sites excluding steroid dienone is 2. The number of hydrogen-bond acceptors (Lipinski definition) is 1. The third-order valence-corrected chi connectivity index (χ3v) is 5.59. The Bertz CT molecular complexity index is 1090. The summed E-state index contributed by atoms with van der Waals surface area (Å²) in [4.78, 5) is 0. The van der Waals surface area contributed by atoms with E-state index in [-0.39, 0.29) is 5.92 Å². The molecule has 0 aliphatic carbocycles. The first-order valence-corrected chi connectivity index (χ1v) is 10.3. The summed E-state index contributed by atoms with van der Waals surface area (Å²) in [6.45, 7) is 12.3. The minimum absolute atomic E-state index is 0.0290. The maximum atomic E-state index is 6.44. The summed E-state index contributed by atoms with van der Waals surface area (Å²) in [6.07, 6.45) is 12.3. The van der Waals surface area contributed by atoms with Gasteiger partial charge >= 0.3 is 0 Å². The standard InChI is InChI=1S/C29H26O/c1-5-12-20-16-18-25-28(23(20)7-3)27(22-14-10-9-11-15-22)29-24(8-4)21(13-6-2)17-19-26(29)30-25/h5-19,27H,3-4H2,1-2H3/b12-5-,13-6-. The maximum absolute atomic E-state index is 6.44. The Morgan fingerprint density at radius 2 is 1.20 bits per heavy atom. The van der Waals surface area contributed by atoms with Gasteiger partial charge in [0.1, 0.15) is 11.5 Å². The molecule has 0 radical (unpaired) electrons. The largest absolute Gasteiger partial charge is 0.457 e. The van der Waals surface area contributed by atoms with Crippen molar-refractivity contribution in [3.63, 3.8) is 0 Å². The molecule has 1 aliphatic heterocycles. The lowest BCUT2D eigenvalue weighted by molar-refractivity contribution is 0.452. The number of benzene rings is 3. The summed E-state index contributed by atoms with van der Waals surface area (Å²) in [7, 11) is 0. The average Bonchev–Trinajstić information content (AvgIpc) is 2.78. The molecule has 4 rings (SSSR count). The van der Waals surface area contributed by atoms with E-state index >= 15 is 0 Å². The lowest BCUT2D eigenvalue weighted by Gasteiger charge is -2.32. The monoisotopic (exact) mass is 390 g/mol. The molecule has 1 heteroatoms. The van der Waals surface area contributed by atoms with E-state index in [0.29, 0.717) is 0 Å². The summed E-state index contributed by atoms with van der Waals surface area (Å²) in [5.74, 6) is 1.79. The van der Waals surface area contributed by atoms with Crippen LogP contribution in [-0.4, -0.2) is 0 Å². The fourth-order valence-corrected chi connectivity index (χ4v) is 4.39. The van der Waals surface area contributed by atoms with Gasteiger partial charge in [-0.25, -0.2) is 0 Å². The van der Waals surface area contributed by atoms with Gasteiger partial charge in [-0.15, -0.1) is 0 Å². The molecule has 0 saturated heterocycles. The van der Waals surface area contributed by atoms with Crippen molar-refractivity contribution in [3.05, 3.63) is 119 Å². The van der Waals surface area contributed by atoms with Gasteiger partial charge in [0.15, 0.2) is 0 Å². The van der Waals surface area contributed by atoms with Crippen LogP contribution >= 0.6 is 0 Å². The molecule has 1 aliphatic rings. The fourth-order valence-electron chi connectivity index (χ4n) is 4.39. The van der Waals surface area contributed by atoms with E-state index in [9.17, 15) is 0 Å². The van der Waals surface area contributed by atoms with Crippen molar-refractivity contribution < 1.29 is 4.74 Å². The van der Waals surface area contributed by atoms with E-state index in [1.54, 1.807) is 0 Å². The van der Waals surface area contributed by atoms with Gasteiger partial charge in [0.25, 0.3) is 0 Å². The van der Waals surface area contributed by atoms with Crippen molar-refractivity contribution in [2.75, 3.05) is 0 Å². The lowest BCUT2D eigenvalue weighted by atomic mass is 9.76. The normalized spacial score (nSPS) is 13.1. The van der Waals surface area contributed by atoms with Gasteiger partial charge in [0, 0.05) is 17.0 Å². The van der Waals surface area contributed by atoms with E-state index in [2.05, 4.69) is 92.1 Å². The fraction of sp³-hybridized carbons (Fsp3) is 0.103. The molecule has 0 saturated carbocycles. The molecule has 1 nitrogen and oxygen atoms in total. The average molecular weight is 391 g/mol. The van der Waals surface area contributed by atoms with Crippen molar-refractivity contribution in [1.29, 1.82) is 0 Å². The molecule has 0 unspecified atom stereocenters. The van der Waals surface area contributed by atoms with Crippen LogP contribution in [0.3, 0.4) is 0 Å². The Balaban J connectivity index is 2.11. The van der Waals surface area contributed by atoms with E-state index in [1.807, 2.05) is 26.0 Å². The van der Waals surface area contributed by atoms with Crippen molar-refractivity contribution in [2.45, 2.75) is 19.8 Å². The van der Waals surface area contributed by atoms with Gasteiger partial charge in [-0.2, -0.15) is 0 Å². The predicted octanol–water partition coefficient (Wildman–Crippen LogP) is 8.32. The Morgan fingerprint density at radius 1 is 0.700 bits per heavy atom. The van der Waals surface area contributed by atoms with Gasteiger partial charge in [0.2, 0.25) is 0 Å². The molecule has 3 aromatic carbocycles. The zero-order chi connectivity index (χ0) is 21.1. The molecule has 0 bridgehead atoms. The topological polar surface area (TPSA) is 9.23 Å². The molecular weight excluding hydrogens is 364 g/mol. The zero-order valence-corrected chi connectivity index (χ0v) is 17.6.